The lowest BCUT2D eigenvalue weighted by atomic mass is 9.85. The highest BCUT2D eigenvalue weighted by atomic mass is 19.4. The van der Waals surface area contributed by atoms with Crippen molar-refractivity contribution in [2.75, 3.05) is 19.1 Å². The summed E-state index contributed by atoms with van der Waals surface area (Å²) in [5.74, 6) is -2.92. The van der Waals surface area contributed by atoms with Crippen molar-refractivity contribution in [3.05, 3.63) is 40.5 Å². The molecular weight excluding hydrogens is 389 g/mol. The van der Waals surface area contributed by atoms with Crippen LogP contribution in [0.5, 0.6) is 0 Å². The molecule has 2 aliphatic rings. The lowest BCUT2D eigenvalue weighted by Gasteiger charge is -2.25. The van der Waals surface area contributed by atoms with Gasteiger partial charge in [0.05, 0.1) is 18.3 Å². The summed E-state index contributed by atoms with van der Waals surface area (Å²) in [6, 6.07) is 4.85. The third-order valence-corrected chi connectivity index (χ3v) is 4.67. The van der Waals surface area contributed by atoms with Gasteiger partial charge >= 0.3 is 12.1 Å². The zero-order valence-electron chi connectivity index (χ0n) is 16.9. The van der Waals surface area contributed by atoms with Crippen molar-refractivity contribution in [3.63, 3.8) is 0 Å². The number of aliphatic imine (C=N–C) groups is 1. The number of esters is 1. The molecule has 0 fully saturated rings. The number of aryl methyl sites for hydroxylation is 1. The second-order valence-corrected chi connectivity index (χ2v) is 8.00. The first-order valence-electron chi connectivity index (χ1n) is 8.83. The van der Waals surface area contributed by atoms with Crippen LogP contribution in [0.2, 0.25) is 0 Å². The van der Waals surface area contributed by atoms with Gasteiger partial charge < -0.3 is 14.4 Å². The first-order valence-corrected chi connectivity index (χ1v) is 8.83. The van der Waals surface area contributed by atoms with Gasteiger partial charge in [-0.25, -0.2) is 9.79 Å². The summed E-state index contributed by atoms with van der Waals surface area (Å²) in [7, 11) is 2.37. The quantitative estimate of drug-likeness (QED) is 0.666. The van der Waals surface area contributed by atoms with E-state index in [1.165, 1.54) is 18.0 Å². The summed E-state index contributed by atoms with van der Waals surface area (Å²) in [4.78, 5) is 31.1. The molecule has 0 aliphatic carbocycles. The van der Waals surface area contributed by atoms with Crippen molar-refractivity contribution in [1.82, 2.24) is 0 Å². The van der Waals surface area contributed by atoms with Crippen molar-refractivity contribution in [3.8, 4) is 0 Å². The van der Waals surface area contributed by atoms with Crippen molar-refractivity contribution in [2.24, 2.45) is 4.99 Å². The van der Waals surface area contributed by atoms with Crippen LogP contribution in [0.3, 0.4) is 0 Å². The average molecular weight is 410 g/mol. The molecule has 29 heavy (non-hydrogen) atoms. The highest BCUT2D eigenvalue weighted by Gasteiger charge is 2.66. The number of benzene rings is 1. The molecule has 9 heteroatoms. The van der Waals surface area contributed by atoms with Crippen LogP contribution in [0.1, 0.15) is 31.9 Å². The lowest BCUT2D eigenvalue weighted by molar-refractivity contribution is -0.143. The summed E-state index contributed by atoms with van der Waals surface area (Å²) < 4.78 is 52.6. The fourth-order valence-corrected chi connectivity index (χ4v) is 3.55. The molecule has 156 valence electrons. The maximum atomic E-state index is 14.1. The Labute approximate surface area is 166 Å². The van der Waals surface area contributed by atoms with E-state index >= 15 is 0 Å². The molecule has 0 N–H and O–H groups in total. The van der Waals surface area contributed by atoms with Crippen LogP contribution in [0, 0.1) is 6.92 Å². The van der Waals surface area contributed by atoms with Gasteiger partial charge in [-0.15, -0.1) is 0 Å². The van der Waals surface area contributed by atoms with Gasteiger partial charge in [-0.05, 0) is 39.8 Å². The monoisotopic (exact) mass is 410 g/mol. The molecular formula is C20H21F3N2O4. The predicted molar refractivity (Wildman–Crippen MR) is 99.6 cm³/mol. The van der Waals surface area contributed by atoms with Gasteiger partial charge in [0.25, 0.3) is 5.91 Å². The maximum Gasteiger partial charge on any atom is 0.422 e. The second kappa shape index (κ2) is 6.33. The second-order valence-electron chi connectivity index (χ2n) is 8.00. The fourth-order valence-electron chi connectivity index (χ4n) is 3.55. The van der Waals surface area contributed by atoms with Crippen LogP contribution in [0.15, 0.2) is 34.3 Å². The molecule has 3 rings (SSSR count). The standard InChI is InChI=1S/C20H21F3N2O4/c1-10-7-8-12-11(9-10)19(17(27)25(12)5)14(16(26)28-6)13(20(21,22)23)15(29-19)24-18(2,3)4/h7-9H,1-6H3. The number of hydrogen-bond donors (Lipinski definition) is 0. The topological polar surface area (TPSA) is 68.2 Å². The molecule has 2 aliphatic heterocycles. The van der Waals surface area contributed by atoms with Gasteiger partial charge in [0.2, 0.25) is 11.5 Å². The summed E-state index contributed by atoms with van der Waals surface area (Å²) in [5, 5.41) is 0. The van der Waals surface area contributed by atoms with Gasteiger partial charge in [0.15, 0.2) is 0 Å². The van der Waals surface area contributed by atoms with Crippen LogP contribution >= 0.6 is 0 Å². The van der Waals surface area contributed by atoms with E-state index in [1.54, 1.807) is 39.8 Å². The molecule has 1 aromatic rings. The van der Waals surface area contributed by atoms with E-state index in [0.717, 1.165) is 7.11 Å². The minimum atomic E-state index is -5.00. The molecule has 2 heterocycles. The fraction of sp³-hybridized carbons (Fsp3) is 0.450. The lowest BCUT2D eigenvalue weighted by Crippen LogP contribution is -2.43. The number of rotatable bonds is 1. The molecule has 0 saturated carbocycles. The van der Waals surface area contributed by atoms with Crippen LogP contribution in [0.4, 0.5) is 18.9 Å². The summed E-state index contributed by atoms with van der Waals surface area (Å²) >= 11 is 0. The van der Waals surface area contributed by atoms with Gasteiger partial charge in [0.1, 0.15) is 11.1 Å². The normalized spacial score (nSPS) is 23.1. The summed E-state index contributed by atoms with van der Waals surface area (Å²) in [6.45, 7) is 6.48. The van der Waals surface area contributed by atoms with Crippen LogP contribution in [-0.4, -0.2) is 43.6 Å². The molecule has 1 unspecified atom stereocenters. The van der Waals surface area contributed by atoms with E-state index in [4.69, 9.17) is 4.74 Å². The Kier molecular flexibility index (Phi) is 4.56. The number of likely N-dealkylation sites (N-methyl/N-ethyl adjacent to an activating group) is 1. The predicted octanol–water partition coefficient (Wildman–Crippen LogP) is 3.43. The van der Waals surface area contributed by atoms with Crippen LogP contribution in [0.25, 0.3) is 0 Å². The zero-order valence-corrected chi connectivity index (χ0v) is 16.9. The number of carbonyl (C=O) groups is 2. The Morgan fingerprint density at radius 2 is 1.86 bits per heavy atom. The number of fused-ring (bicyclic) bond motifs is 2. The number of hydrogen-bond acceptors (Lipinski definition) is 5. The number of ether oxygens (including phenoxy) is 2. The molecule has 1 aromatic carbocycles. The number of nitrogens with zero attached hydrogens (tertiary/aromatic N) is 2. The van der Waals surface area contributed by atoms with Crippen molar-refractivity contribution < 1.29 is 32.2 Å². The number of carbonyl (C=O) groups excluding carboxylic acids is 2. The van der Waals surface area contributed by atoms with E-state index in [-0.39, 0.29) is 5.56 Å². The van der Waals surface area contributed by atoms with E-state index in [2.05, 4.69) is 9.73 Å². The Bertz CT molecular complexity index is 973. The summed E-state index contributed by atoms with van der Waals surface area (Å²) in [5.41, 5.74) is -4.38. The maximum absolute atomic E-state index is 14.1. The molecule has 0 saturated heterocycles. The van der Waals surface area contributed by atoms with E-state index in [9.17, 15) is 22.8 Å². The molecule has 6 nitrogen and oxygen atoms in total. The van der Waals surface area contributed by atoms with Crippen molar-refractivity contribution in [2.45, 2.75) is 45.0 Å². The molecule has 1 atom stereocenters. The number of halogens is 3. The van der Waals surface area contributed by atoms with Gasteiger partial charge in [-0.1, -0.05) is 11.6 Å². The highest BCUT2D eigenvalue weighted by Crippen LogP contribution is 2.54. The number of methoxy groups -OCH3 is 1. The Balaban J connectivity index is 2.46. The van der Waals surface area contributed by atoms with Gasteiger partial charge in [-0.3, -0.25) is 4.79 Å². The molecule has 1 spiro atoms. The Morgan fingerprint density at radius 1 is 1.24 bits per heavy atom. The van der Waals surface area contributed by atoms with Crippen molar-refractivity contribution in [1.29, 1.82) is 0 Å². The third-order valence-electron chi connectivity index (χ3n) is 4.67. The smallest absolute Gasteiger partial charge is 0.422 e. The molecule has 0 bridgehead atoms. The number of anilines is 1. The zero-order chi connectivity index (χ0) is 21.9. The van der Waals surface area contributed by atoms with Gasteiger partial charge in [0, 0.05) is 12.6 Å². The average Bonchev–Trinajstić information content (AvgIpc) is 3.02. The number of amides is 1. The Hall–Kier alpha value is -2.84. The first-order chi connectivity index (χ1) is 13.2. The van der Waals surface area contributed by atoms with E-state index in [0.29, 0.717) is 11.3 Å². The number of alkyl halides is 3. The third kappa shape index (κ3) is 3.08. The molecule has 0 aromatic heterocycles. The van der Waals surface area contributed by atoms with Gasteiger partial charge in [-0.2, -0.15) is 13.2 Å². The minimum Gasteiger partial charge on any atom is -0.466 e. The van der Waals surface area contributed by atoms with E-state index in [1.807, 2.05) is 0 Å². The Morgan fingerprint density at radius 3 is 2.38 bits per heavy atom. The van der Waals surface area contributed by atoms with E-state index < -0.39 is 46.2 Å². The SMILES string of the molecule is COC(=O)C1=C(C(F)(F)F)C(=NC(C)(C)C)OC12C(=O)N(C)c1ccc(C)cc12. The van der Waals surface area contributed by atoms with Crippen molar-refractivity contribution >= 4 is 23.5 Å². The summed E-state index contributed by atoms with van der Waals surface area (Å²) in [6.07, 6.45) is -5.00. The first kappa shape index (κ1) is 20.9. The van der Waals surface area contributed by atoms with Crippen LogP contribution < -0.4 is 4.90 Å². The van der Waals surface area contributed by atoms with Crippen LogP contribution in [-0.2, 0) is 24.7 Å². The molecule has 1 amide bonds. The molecule has 0 radical (unpaired) electrons. The highest BCUT2D eigenvalue weighted by molar-refractivity contribution is 6.21. The largest absolute Gasteiger partial charge is 0.466 e. The minimum absolute atomic E-state index is 0.145.